The predicted octanol–water partition coefficient (Wildman–Crippen LogP) is 1.32. The standard InChI is InChI=1S/C12H15N3O/c1-3-8-11(14-2)9-6-4-5-7-10(9)15(13)12(8)16/h4-7,14H,3,13H2,1-2H3. The number of nitrogens with two attached hydrogens (primary N) is 1. The number of nitrogens with zero attached hydrogens (tertiary/aromatic N) is 1. The molecule has 0 aliphatic rings. The first-order chi connectivity index (χ1) is 7.70. The largest absolute Gasteiger partial charge is 0.387 e. The van der Waals surface area contributed by atoms with Crippen LogP contribution in [0.25, 0.3) is 10.9 Å². The van der Waals surface area contributed by atoms with Crippen molar-refractivity contribution in [3.05, 3.63) is 40.2 Å². The Labute approximate surface area is 93.7 Å². The Balaban J connectivity index is 3.01. The van der Waals surface area contributed by atoms with Gasteiger partial charge in [0.15, 0.2) is 0 Å². The van der Waals surface area contributed by atoms with E-state index in [4.69, 9.17) is 5.84 Å². The van der Waals surface area contributed by atoms with E-state index in [1.807, 2.05) is 38.2 Å². The molecule has 0 bridgehead atoms. The Morgan fingerprint density at radius 3 is 2.69 bits per heavy atom. The molecule has 3 N–H and O–H groups in total. The van der Waals surface area contributed by atoms with Crippen molar-refractivity contribution in [2.75, 3.05) is 18.2 Å². The zero-order valence-corrected chi connectivity index (χ0v) is 9.45. The van der Waals surface area contributed by atoms with Gasteiger partial charge < -0.3 is 11.2 Å². The lowest BCUT2D eigenvalue weighted by atomic mass is 10.1. The lowest BCUT2D eigenvalue weighted by molar-refractivity contribution is 0.941. The van der Waals surface area contributed by atoms with Crippen molar-refractivity contribution >= 4 is 16.6 Å². The molecule has 1 heterocycles. The quantitative estimate of drug-likeness (QED) is 0.746. The summed E-state index contributed by atoms with van der Waals surface area (Å²) in [6.07, 6.45) is 0.664. The average molecular weight is 217 g/mol. The molecule has 0 fully saturated rings. The molecular weight excluding hydrogens is 202 g/mol. The van der Waals surface area contributed by atoms with Gasteiger partial charge in [0.25, 0.3) is 5.56 Å². The number of hydrogen-bond donors (Lipinski definition) is 2. The molecule has 0 radical (unpaired) electrons. The molecule has 0 aliphatic carbocycles. The minimum Gasteiger partial charge on any atom is -0.387 e. The van der Waals surface area contributed by atoms with Crippen LogP contribution in [0.2, 0.25) is 0 Å². The highest BCUT2D eigenvalue weighted by Crippen LogP contribution is 2.23. The van der Waals surface area contributed by atoms with Crippen LogP contribution in [0.5, 0.6) is 0 Å². The predicted molar refractivity (Wildman–Crippen MR) is 67.3 cm³/mol. The third-order valence-electron chi connectivity index (χ3n) is 2.82. The third kappa shape index (κ3) is 1.34. The summed E-state index contributed by atoms with van der Waals surface area (Å²) >= 11 is 0. The lowest BCUT2D eigenvalue weighted by Crippen LogP contribution is -2.31. The molecule has 0 spiro atoms. The van der Waals surface area contributed by atoms with Gasteiger partial charge >= 0.3 is 0 Å². The van der Waals surface area contributed by atoms with E-state index in [9.17, 15) is 4.79 Å². The smallest absolute Gasteiger partial charge is 0.274 e. The topological polar surface area (TPSA) is 60.1 Å². The second-order valence-electron chi connectivity index (χ2n) is 3.65. The van der Waals surface area contributed by atoms with E-state index < -0.39 is 0 Å². The molecule has 0 amide bonds. The number of nitrogen functional groups attached to an aromatic ring is 1. The van der Waals surface area contributed by atoms with Crippen LogP contribution in [-0.2, 0) is 6.42 Å². The van der Waals surface area contributed by atoms with Gasteiger partial charge in [0.2, 0.25) is 0 Å². The third-order valence-corrected chi connectivity index (χ3v) is 2.82. The zero-order chi connectivity index (χ0) is 11.7. The molecule has 1 aromatic heterocycles. The Morgan fingerprint density at radius 1 is 1.38 bits per heavy atom. The summed E-state index contributed by atoms with van der Waals surface area (Å²) in [6, 6.07) is 7.61. The molecule has 2 rings (SSSR count). The molecule has 1 aromatic carbocycles. The molecule has 0 atom stereocenters. The fourth-order valence-electron chi connectivity index (χ4n) is 2.03. The number of aromatic nitrogens is 1. The van der Waals surface area contributed by atoms with Gasteiger partial charge in [0.05, 0.1) is 11.2 Å². The molecule has 0 unspecified atom stereocenters. The number of fused-ring (bicyclic) bond motifs is 1. The Kier molecular flexibility index (Phi) is 2.56. The van der Waals surface area contributed by atoms with Gasteiger partial charge in [0, 0.05) is 18.0 Å². The first-order valence-electron chi connectivity index (χ1n) is 5.30. The van der Waals surface area contributed by atoms with Gasteiger partial charge in [-0.15, -0.1) is 0 Å². The average Bonchev–Trinajstić information content (AvgIpc) is 2.33. The van der Waals surface area contributed by atoms with Crippen molar-refractivity contribution < 1.29 is 0 Å². The zero-order valence-electron chi connectivity index (χ0n) is 9.45. The number of para-hydroxylation sites is 1. The number of benzene rings is 1. The van der Waals surface area contributed by atoms with Crippen molar-refractivity contribution in [2.45, 2.75) is 13.3 Å². The monoisotopic (exact) mass is 217 g/mol. The van der Waals surface area contributed by atoms with E-state index >= 15 is 0 Å². The highest BCUT2D eigenvalue weighted by Gasteiger charge is 2.12. The summed E-state index contributed by atoms with van der Waals surface area (Å²) in [5.41, 5.74) is 2.22. The van der Waals surface area contributed by atoms with Crippen molar-refractivity contribution in [2.24, 2.45) is 0 Å². The van der Waals surface area contributed by atoms with E-state index in [-0.39, 0.29) is 5.56 Å². The number of hydrogen-bond acceptors (Lipinski definition) is 3. The molecule has 2 aromatic rings. The molecule has 0 saturated carbocycles. The van der Waals surface area contributed by atoms with Crippen LogP contribution in [0.4, 0.5) is 5.69 Å². The van der Waals surface area contributed by atoms with E-state index in [2.05, 4.69) is 5.32 Å². The van der Waals surface area contributed by atoms with Gasteiger partial charge in [-0.2, -0.15) is 0 Å². The van der Waals surface area contributed by atoms with Crippen molar-refractivity contribution in [3.63, 3.8) is 0 Å². The maximum absolute atomic E-state index is 12.0. The first-order valence-corrected chi connectivity index (χ1v) is 5.30. The van der Waals surface area contributed by atoms with Crippen LogP contribution >= 0.6 is 0 Å². The SMILES string of the molecule is CCc1c(NC)c2ccccc2n(N)c1=O. The van der Waals surface area contributed by atoms with Crippen LogP contribution < -0.4 is 16.7 Å². The van der Waals surface area contributed by atoms with Crippen LogP contribution in [0.1, 0.15) is 12.5 Å². The summed E-state index contributed by atoms with van der Waals surface area (Å²) in [4.78, 5) is 12.0. The van der Waals surface area contributed by atoms with Crippen molar-refractivity contribution in [1.82, 2.24) is 4.68 Å². The molecule has 84 valence electrons. The van der Waals surface area contributed by atoms with E-state index in [1.165, 1.54) is 4.68 Å². The Hall–Kier alpha value is -1.97. The van der Waals surface area contributed by atoms with Crippen LogP contribution in [0.15, 0.2) is 29.1 Å². The summed E-state index contributed by atoms with van der Waals surface area (Å²) in [5, 5.41) is 4.06. The minimum absolute atomic E-state index is 0.134. The Bertz CT molecular complexity index is 587. The van der Waals surface area contributed by atoms with E-state index in [0.29, 0.717) is 6.42 Å². The van der Waals surface area contributed by atoms with Gasteiger partial charge in [-0.05, 0) is 12.5 Å². The van der Waals surface area contributed by atoms with Gasteiger partial charge in [-0.25, -0.2) is 4.68 Å². The maximum atomic E-state index is 12.0. The molecule has 0 saturated heterocycles. The number of anilines is 1. The van der Waals surface area contributed by atoms with Gasteiger partial charge in [-0.3, -0.25) is 4.79 Å². The maximum Gasteiger partial charge on any atom is 0.274 e. The lowest BCUT2D eigenvalue weighted by Gasteiger charge is -2.13. The van der Waals surface area contributed by atoms with Crippen molar-refractivity contribution in [1.29, 1.82) is 0 Å². The van der Waals surface area contributed by atoms with E-state index in [1.54, 1.807) is 0 Å². The number of rotatable bonds is 2. The van der Waals surface area contributed by atoms with Crippen LogP contribution in [-0.4, -0.2) is 11.7 Å². The summed E-state index contributed by atoms with van der Waals surface area (Å²) < 4.78 is 1.22. The Morgan fingerprint density at radius 2 is 2.06 bits per heavy atom. The molecule has 4 nitrogen and oxygen atoms in total. The second-order valence-corrected chi connectivity index (χ2v) is 3.65. The molecular formula is C12H15N3O. The van der Waals surface area contributed by atoms with Gasteiger partial charge in [-0.1, -0.05) is 25.1 Å². The summed E-state index contributed by atoms with van der Waals surface area (Å²) in [6.45, 7) is 1.95. The highest BCUT2D eigenvalue weighted by atomic mass is 16.1. The molecule has 4 heteroatoms. The minimum atomic E-state index is -0.134. The summed E-state index contributed by atoms with van der Waals surface area (Å²) in [5.74, 6) is 5.79. The number of nitrogens with one attached hydrogen (secondary N) is 1. The van der Waals surface area contributed by atoms with E-state index in [0.717, 1.165) is 22.2 Å². The first kappa shape index (κ1) is 10.5. The molecule has 16 heavy (non-hydrogen) atoms. The van der Waals surface area contributed by atoms with Gasteiger partial charge in [0.1, 0.15) is 0 Å². The fourth-order valence-corrected chi connectivity index (χ4v) is 2.03. The second kappa shape index (κ2) is 3.89. The van der Waals surface area contributed by atoms with Crippen LogP contribution in [0, 0.1) is 0 Å². The van der Waals surface area contributed by atoms with Crippen molar-refractivity contribution in [3.8, 4) is 0 Å². The normalized spacial score (nSPS) is 10.6. The highest BCUT2D eigenvalue weighted by molar-refractivity contribution is 5.93. The fraction of sp³-hybridized carbons (Fsp3) is 0.250. The van der Waals surface area contributed by atoms with Crippen LogP contribution in [0.3, 0.4) is 0 Å². The number of pyridine rings is 1. The molecule has 0 aliphatic heterocycles. The summed E-state index contributed by atoms with van der Waals surface area (Å²) in [7, 11) is 1.82.